The van der Waals surface area contributed by atoms with E-state index in [4.69, 9.17) is 0 Å². The fraction of sp³-hybridized carbons (Fsp3) is 0.0833. The number of aromatic nitrogens is 2. The van der Waals surface area contributed by atoms with Gasteiger partial charge in [-0.25, -0.2) is 9.97 Å². The van der Waals surface area contributed by atoms with Crippen LogP contribution in [0.4, 0.5) is 11.4 Å². The Kier molecular flexibility index (Phi) is 2.91. The highest BCUT2D eigenvalue weighted by atomic mass is 16.1. The van der Waals surface area contributed by atoms with Gasteiger partial charge in [-0.3, -0.25) is 4.79 Å². The van der Waals surface area contributed by atoms with Crippen LogP contribution in [0.1, 0.15) is 16.2 Å². The smallest absolute Gasteiger partial charge is 0.150 e. The van der Waals surface area contributed by atoms with Crippen LogP contribution in [0.5, 0.6) is 0 Å². The van der Waals surface area contributed by atoms with Crippen molar-refractivity contribution in [2.45, 2.75) is 6.92 Å². The maximum absolute atomic E-state index is 10.6. The maximum Gasteiger partial charge on any atom is 0.150 e. The summed E-state index contributed by atoms with van der Waals surface area (Å²) in [5.74, 6) is 0.729. The summed E-state index contributed by atoms with van der Waals surface area (Å²) in [6.07, 6.45) is 4.22. The van der Waals surface area contributed by atoms with Gasteiger partial charge in [0, 0.05) is 11.3 Å². The van der Waals surface area contributed by atoms with E-state index in [1.54, 1.807) is 24.5 Å². The molecule has 0 fully saturated rings. The van der Waals surface area contributed by atoms with Crippen LogP contribution in [0.3, 0.4) is 0 Å². The number of nitrogens with zero attached hydrogens (tertiary/aromatic N) is 2. The SMILES string of the molecule is Cc1ncc(Nc2cccc(C=O)c2)cn1. The summed E-state index contributed by atoms with van der Waals surface area (Å²) in [5.41, 5.74) is 2.28. The molecular formula is C12H11N3O. The monoisotopic (exact) mass is 213 g/mol. The van der Waals surface area contributed by atoms with Crippen molar-refractivity contribution in [2.75, 3.05) is 5.32 Å². The topological polar surface area (TPSA) is 54.9 Å². The first-order valence-corrected chi connectivity index (χ1v) is 4.89. The Bertz CT molecular complexity index is 494. The first-order chi connectivity index (χ1) is 7.78. The average molecular weight is 213 g/mol. The summed E-state index contributed by atoms with van der Waals surface area (Å²) in [4.78, 5) is 18.8. The van der Waals surface area contributed by atoms with Gasteiger partial charge in [-0.2, -0.15) is 0 Å². The first kappa shape index (κ1) is 10.3. The van der Waals surface area contributed by atoms with Gasteiger partial charge in [0.1, 0.15) is 12.1 Å². The van der Waals surface area contributed by atoms with E-state index in [2.05, 4.69) is 15.3 Å². The Morgan fingerprint density at radius 3 is 2.62 bits per heavy atom. The van der Waals surface area contributed by atoms with Crippen LogP contribution in [0.15, 0.2) is 36.7 Å². The second kappa shape index (κ2) is 4.53. The second-order valence-electron chi connectivity index (χ2n) is 3.39. The fourth-order valence-corrected chi connectivity index (χ4v) is 1.31. The van der Waals surface area contributed by atoms with Crippen molar-refractivity contribution in [1.29, 1.82) is 0 Å². The molecule has 80 valence electrons. The zero-order chi connectivity index (χ0) is 11.4. The molecule has 0 amide bonds. The molecule has 1 N–H and O–H groups in total. The Balaban J connectivity index is 2.20. The molecule has 0 saturated heterocycles. The normalized spacial score (nSPS) is 9.81. The van der Waals surface area contributed by atoms with Crippen molar-refractivity contribution in [2.24, 2.45) is 0 Å². The molecule has 1 heterocycles. The Morgan fingerprint density at radius 1 is 1.19 bits per heavy atom. The number of nitrogens with one attached hydrogen (secondary N) is 1. The predicted octanol–water partition coefficient (Wildman–Crippen LogP) is 2.34. The Labute approximate surface area is 93.4 Å². The van der Waals surface area contributed by atoms with Crippen molar-refractivity contribution in [1.82, 2.24) is 9.97 Å². The fourth-order valence-electron chi connectivity index (χ4n) is 1.31. The lowest BCUT2D eigenvalue weighted by Gasteiger charge is -2.05. The molecule has 0 spiro atoms. The zero-order valence-electron chi connectivity index (χ0n) is 8.84. The van der Waals surface area contributed by atoms with Crippen LogP contribution < -0.4 is 5.32 Å². The van der Waals surface area contributed by atoms with E-state index < -0.39 is 0 Å². The van der Waals surface area contributed by atoms with Crippen molar-refractivity contribution in [3.8, 4) is 0 Å². The number of rotatable bonds is 3. The number of aryl methyl sites for hydroxylation is 1. The molecule has 16 heavy (non-hydrogen) atoms. The molecule has 0 unspecified atom stereocenters. The minimum atomic E-state index is 0.637. The molecule has 2 rings (SSSR count). The van der Waals surface area contributed by atoms with Crippen LogP contribution in [-0.4, -0.2) is 16.3 Å². The summed E-state index contributed by atoms with van der Waals surface area (Å²) in [5, 5.41) is 3.12. The van der Waals surface area contributed by atoms with Crippen LogP contribution in [0.25, 0.3) is 0 Å². The molecule has 0 saturated carbocycles. The van der Waals surface area contributed by atoms with E-state index in [0.717, 1.165) is 23.5 Å². The maximum atomic E-state index is 10.6. The molecule has 1 aromatic carbocycles. The third-order valence-electron chi connectivity index (χ3n) is 2.09. The molecule has 0 bridgehead atoms. The van der Waals surface area contributed by atoms with Gasteiger partial charge in [0.2, 0.25) is 0 Å². The zero-order valence-corrected chi connectivity index (χ0v) is 8.84. The van der Waals surface area contributed by atoms with Crippen LogP contribution in [0.2, 0.25) is 0 Å². The standard InChI is InChI=1S/C12H11N3O/c1-9-13-6-12(7-14-9)15-11-4-2-3-10(5-11)8-16/h2-8,15H,1H3. The minimum absolute atomic E-state index is 0.637. The van der Waals surface area contributed by atoms with Gasteiger partial charge in [0.25, 0.3) is 0 Å². The lowest BCUT2D eigenvalue weighted by molar-refractivity contribution is 0.112. The number of aldehydes is 1. The van der Waals surface area contributed by atoms with Crippen LogP contribution in [-0.2, 0) is 0 Å². The molecule has 4 heteroatoms. The largest absolute Gasteiger partial charge is 0.353 e. The minimum Gasteiger partial charge on any atom is -0.353 e. The van der Waals surface area contributed by atoms with E-state index in [0.29, 0.717) is 5.56 Å². The quantitative estimate of drug-likeness (QED) is 0.795. The van der Waals surface area contributed by atoms with E-state index in [-0.39, 0.29) is 0 Å². The molecule has 0 aliphatic rings. The van der Waals surface area contributed by atoms with Gasteiger partial charge in [-0.05, 0) is 19.1 Å². The van der Waals surface area contributed by atoms with E-state index >= 15 is 0 Å². The van der Waals surface area contributed by atoms with Crippen molar-refractivity contribution < 1.29 is 4.79 Å². The summed E-state index contributed by atoms with van der Waals surface area (Å²) in [7, 11) is 0. The molecule has 4 nitrogen and oxygen atoms in total. The first-order valence-electron chi connectivity index (χ1n) is 4.89. The van der Waals surface area contributed by atoms with Gasteiger partial charge in [0.15, 0.2) is 0 Å². The van der Waals surface area contributed by atoms with E-state index in [1.165, 1.54) is 0 Å². The van der Waals surface area contributed by atoms with Crippen molar-refractivity contribution in [3.05, 3.63) is 48.0 Å². The van der Waals surface area contributed by atoms with Gasteiger partial charge < -0.3 is 5.32 Å². The molecule has 0 aliphatic carbocycles. The van der Waals surface area contributed by atoms with Gasteiger partial charge in [-0.1, -0.05) is 12.1 Å². The van der Waals surface area contributed by atoms with E-state index in [9.17, 15) is 4.79 Å². The Hall–Kier alpha value is -2.23. The highest BCUT2D eigenvalue weighted by Gasteiger charge is 1.97. The number of carbonyl (C=O) groups excluding carboxylic acids is 1. The average Bonchev–Trinajstić information content (AvgIpc) is 2.32. The summed E-state index contributed by atoms with van der Waals surface area (Å²) in [6.45, 7) is 1.83. The summed E-state index contributed by atoms with van der Waals surface area (Å²) < 4.78 is 0. The van der Waals surface area contributed by atoms with Crippen molar-refractivity contribution >= 4 is 17.7 Å². The Morgan fingerprint density at radius 2 is 1.94 bits per heavy atom. The molecule has 1 aromatic heterocycles. The molecular weight excluding hydrogens is 202 g/mol. The molecule has 0 aliphatic heterocycles. The number of anilines is 2. The highest BCUT2D eigenvalue weighted by molar-refractivity contribution is 5.77. The molecule has 0 atom stereocenters. The van der Waals surface area contributed by atoms with Gasteiger partial charge in [-0.15, -0.1) is 0 Å². The molecule has 0 radical (unpaired) electrons. The third-order valence-corrected chi connectivity index (χ3v) is 2.09. The number of hydrogen-bond donors (Lipinski definition) is 1. The molecule has 2 aromatic rings. The third kappa shape index (κ3) is 2.42. The lowest BCUT2D eigenvalue weighted by atomic mass is 10.2. The number of benzene rings is 1. The van der Waals surface area contributed by atoms with Crippen LogP contribution in [0, 0.1) is 6.92 Å². The van der Waals surface area contributed by atoms with Gasteiger partial charge in [0.05, 0.1) is 18.1 Å². The summed E-state index contributed by atoms with van der Waals surface area (Å²) >= 11 is 0. The lowest BCUT2D eigenvalue weighted by Crippen LogP contribution is -1.94. The van der Waals surface area contributed by atoms with Crippen LogP contribution >= 0.6 is 0 Å². The highest BCUT2D eigenvalue weighted by Crippen LogP contribution is 2.15. The van der Waals surface area contributed by atoms with E-state index in [1.807, 2.05) is 19.1 Å². The second-order valence-corrected chi connectivity index (χ2v) is 3.39. The number of carbonyl (C=O) groups is 1. The summed E-state index contributed by atoms with van der Waals surface area (Å²) in [6, 6.07) is 7.23. The van der Waals surface area contributed by atoms with Gasteiger partial charge >= 0.3 is 0 Å². The van der Waals surface area contributed by atoms with Crippen molar-refractivity contribution in [3.63, 3.8) is 0 Å². The number of hydrogen-bond acceptors (Lipinski definition) is 4. The predicted molar refractivity (Wildman–Crippen MR) is 61.9 cm³/mol.